The molecule has 0 spiro atoms. The van der Waals surface area contributed by atoms with Crippen LogP contribution in [0.5, 0.6) is 0 Å². The Hall–Kier alpha value is -2.18. The van der Waals surface area contributed by atoms with Gasteiger partial charge in [0, 0.05) is 25.6 Å². The second-order valence-corrected chi connectivity index (χ2v) is 4.90. The van der Waals surface area contributed by atoms with Crippen molar-refractivity contribution in [3.63, 3.8) is 0 Å². The summed E-state index contributed by atoms with van der Waals surface area (Å²) in [5.41, 5.74) is 0.158. The highest BCUT2D eigenvalue weighted by Gasteiger charge is 2.29. The van der Waals surface area contributed by atoms with Crippen molar-refractivity contribution in [2.75, 3.05) is 25.0 Å². The third kappa shape index (κ3) is 4.40. The lowest BCUT2D eigenvalue weighted by Gasteiger charge is -2.10. The monoisotopic (exact) mass is 294 g/mol. The second kappa shape index (κ2) is 7.01. The van der Waals surface area contributed by atoms with Gasteiger partial charge in [0.15, 0.2) is 0 Å². The van der Waals surface area contributed by atoms with Gasteiger partial charge in [-0.25, -0.2) is 9.37 Å². The quantitative estimate of drug-likeness (QED) is 0.653. The Labute approximate surface area is 122 Å². The molecule has 0 bridgehead atoms. The van der Waals surface area contributed by atoms with Crippen molar-refractivity contribution in [1.29, 1.82) is 0 Å². The van der Waals surface area contributed by atoms with Gasteiger partial charge < -0.3 is 16.0 Å². The molecular formula is C14H19FN4O2. The fourth-order valence-electron chi connectivity index (χ4n) is 1.87. The van der Waals surface area contributed by atoms with E-state index in [4.69, 9.17) is 0 Å². The molecule has 21 heavy (non-hydrogen) atoms. The molecule has 1 heterocycles. The largest absolute Gasteiger partial charge is 0.370 e. The van der Waals surface area contributed by atoms with Gasteiger partial charge in [-0.3, -0.25) is 9.59 Å². The first-order valence-electron chi connectivity index (χ1n) is 7.07. The summed E-state index contributed by atoms with van der Waals surface area (Å²) in [4.78, 5) is 27.3. The first-order valence-corrected chi connectivity index (χ1v) is 7.07. The lowest BCUT2D eigenvalue weighted by atomic mass is 10.2. The molecule has 1 aliphatic rings. The number of nitrogens with one attached hydrogen (secondary N) is 3. The van der Waals surface area contributed by atoms with E-state index in [1.165, 1.54) is 0 Å². The van der Waals surface area contributed by atoms with E-state index in [1.54, 1.807) is 0 Å². The number of carbonyl (C=O) groups excluding carboxylic acids is 2. The SMILES string of the molecule is CCNc1ncc(F)cc1C(=O)NCCNC(=O)C1CC1. The summed E-state index contributed by atoms with van der Waals surface area (Å²) in [5, 5.41) is 8.29. The van der Waals surface area contributed by atoms with E-state index in [9.17, 15) is 14.0 Å². The summed E-state index contributed by atoms with van der Waals surface area (Å²) in [5.74, 6) is -0.459. The van der Waals surface area contributed by atoms with E-state index < -0.39 is 11.7 Å². The summed E-state index contributed by atoms with van der Waals surface area (Å²) in [6.45, 7) is 3.09. The number of hydrogen-bond acceptors (Lipinski definition) is 4. The van der Waals surface area contributed by atoms with Crippen LogP contribution in [0.3, 0.4) is 0 Å². The number of nitrogens with zero attached hydrogens (tertiary/aromatic N) is 1. The molecule has 2 amide bonds. The molecule has 0 atom stereocenters. The van der Waals surface area contributed by atoms with Crippen LogP contribution in [0.4, 0.5) is 10.2 Å². The molecule has 1 aromatic rings. The van der Waals surface area contributed by atoms with Crippen LogP contribution in [0, 0.1) is 11.7 Å². The first kappa shape index (κ1) is 15.2. The fraction of sp³-hybridized carbons (Fsp3) is 0.500. The first-order chi connectivity index (χ1) is 10.1. The minimum Gasteiger partial charge on any atom is -0.370 e. The predicted molar refractivity (Wildman–Crippen MR) is 76.4 cm³/mol. The standard InChI is InChI=1S/C14H19FN4O2/c1-2-16-12-11(7-10(15)8-19-12)14(21)18-6-5-17-13(20)9-3-4-9/h7-9H,2-6H2,1H3,(H,16,19)(H,17,20)(H,18,21). The van der Waals surface area contributed by atoms with Crippen molar-refractivity contribution in [3.8, 4) is 0 Å². The normalized spacial score (nSPS) is 13.6. The highest BCUT2D eigenvalue weighted by atomic mass is 19.1. The molecule has 3 N–H and O–H groups in total. The van der Waals surface area contributed by atoms with E-state index in [1.807, 2.05) is 6.92 Å². The number of rotatable bonds is 7. The molecule has 0 saturated heterocycles. The molecular weight excluding hydrogens is 275 g/mol. The molecule has 1 saturated carbocycles. The average Bonchev–Trinajstić information content (AvgIpc) is 3.30. The van der Waals surface area contributed by atoms with Crippen LogP contribution in [0.1, 0.15) is 30.1 Å². The Morgan fingerprint density at radius 1 is 1.33 bits per heavy atom. The Morgan fingerprint density at radius 3 is 2.71 bits per heavy atom. The smallest absolute Gasteiger partial charge is 0.255 e. The number of carbonyl (C=O) groups is 2. The van der Waals surface area contributed by atoms with Crippen LogP contribution in [0.2, 0.25) is 0 Å². The molecule has 114 valence electrons. The maximum Gasteiger partial charge on any atom is 0.255 e. The number of anilines is 1. The molecule has 1 fully saturated rings. The zero-order valence-electron chi connectivity index (χ0n) is 11.9. The molecule has 1 aliphatic carbocycles. The average molecular weight is 294 g/mol. The predicted octanol–water partition coefficient (Wildman–Crippen LogP) is 0.908. The zero-order chi connectivity index (χ0) is 15.2. The maximum absolute atomic E-state index is 13.2. The molecule has 1 aromatic heterocycles. The van der Waals surface area contributed by atoms with Gasteiger partial charge in [0.05, 0.1) is 11.8 Å². The molecule has 7 heteroatoms. The zero-order valence-corrected chi connectivity index (χ0v) is 11.9. The molecule has 0 aromatic carbocycles. The van der Waals surface area contributed by atoms with Gasteiger partial charge in [-0.1, -0.05) is 0 Å². The van der Waals surface area contributed by atoms with Gasteiger partial charge in [0.1, 0.15) is 11.6 Å². The van der Waals surface area contributed by atoms with E-state index in [2.05, 4.69) is 20.9 Å². The van der Waals surface area contributed by atoms with Crippen molar-refractivity contribution in [2.24, 2.45) is 5.92 Å². The summed E-state index contributed by atoms with van der Waals surface area (Å²) in [7, 11) is 0. The van der Waals surface area contributed by atoms with Crippen LogP contribution < -0.4 is 16.0 Å². The van der Waals surface area contributed by atoms with Gasteiger partial charge in [0.25, 0.3) is 5.91 Å². The third-order valence-electron chi connectivity index (χ3n) is 3.10. The Kier molecular flexibility index (Phi) is 5.08. The number of halogens is 1. The molecule has 0 aliphatic heterocycles. The fourth-order valence-corrected chi connectivity index (χ4v) is 1.87. The summed E-state index contributed by atoms with van der Waals surface area (Å²) >= 11 is 0. The van der Waals surface area contributed by atoms with Crippen molar-refractivity contribution >= 4 is 17.6 Å². The Balaban J connectivity index is 1.84. The van der Waals surface area contributed by atoms with Gasteiger partial charge in [-0.2, -0.15) is 0 Å². The van der Waals surface area contributed by atoms with E-state index in [0.717, 1.165) is 25.1 Å². The minimum atomic E-state index is -0.566. The number of hydrogen-bond donors (Lipinski definition) is 3. The Bertz CT molecular complexity index is 532. The van der Waals surface area contributed by atoms with Crippen LogP contribution in [0.15, 0.2) is 12.3 Å². The summed E-state index contributed by atoms with van der Waals surface area (Å²) in [6, 6.07) is 1.14. The summed E-state index contributed by atoms with van der Waals surface area (Å²) < 4.78 is 13.2. The van der Waals surface area contributed by atoms with Crippen molar-refractivity contribution in [3.05, 3.63) is 23.6 Å². The third-order valence-corrected chi connectivity index (χ3v) is 3.10. The number of aromatic nitrogens is 1. The van der Waals surface area contributed by atoms with Gasteiger partial charge in [-0.15, -0.1) is 0 Å². The van der Waals surface area contributed by atoms with Crippen molar-refractivity contribution < 1.29 is 14.0 Å². The van der Waals surface area contributed by atoms with E-state index in [0.29, 0.717) is 25.5 Å². The minimum absolute atomic E-state index is 0.0324. The summed E-state index contributed by atoms with van der Waals surface area (Å²) in [6.07, 6.45) is 2.95. The lowest BCUT2D eigenvalue weighted by molar-refractivity contribution is -0.122. The molecule has 0 radical (unpaired) electrons. The number of amides is 2. The van der Waals surface area contributed by atoms with Crippen LogP contribution in [-0.2, 0) is 4.79 Å². The van der Waals surface area contributed by atoms with Crippen LogP contribution in [0.25, 0.3) is 0 Å². The van der Waals surface area contributed by atoms with Gasteiger partial charge in [0.2, 0.25) is 5.91 Å². The molecule has 0 unspecified atom stereocenters. The highest BCUT2D eigenvalue weighted by molar-refractivity contribution is 5.98. The maximum atomic E-state index is 13.2. The number of pyridine rings is 1. The van der Waals surface area contributed by atoms with Crippen LogP contribution in [-0.4, -0.2) is 36.4 Å². The van der Waals surface area contributed by atoms with E-state index in [-0.39, 0.29) is 17.4 Å². The second-order valence-electron chi connectivity index (χ2n) is 4.90. The van der Waals surface area contributed by atoms with E-state index >= 15 is 0 Å². The van der Waals surface area contributed by atoms with Crippen molar-refractivity contribution in [2.45, 2.75) is 19.8 Å². The lowest BCUT2D eigenvalue weighted by Crippen LogP contribution is -2.35. The van der Waals surface area contributed by atoms with Crippen molar-refractivity contribution in [1.82, 2.24) is 15.6 Å². The highest BCUT2D eigenvalue weighted by Crippen LogP contribution is 2.28. The van der Waals surface area contributed by atoms with Gasteiger partial charge in [-0.05, 0) is 25.8 Å². The topological polar surface area (TPSA) is 83.1 Å². The molecule has 6 nitrogen and oxygen atoms in total. The van der Waals surface area contributed by atoms with Crippen LogP contribution >= 0.6 is 0 Å². The molecule has 2 rings (SSSR count). The Morgan fingerprint density at radius 2 is 2.05 bits per heavy atom. The van der Waals surface area contributed by atoms with Gasteiger partial charge >= 0.3 is 0 Å².